The van der Waals surface area contributed by atoms with Crippen LogP contribution < -0.4 is 0 Å². The van der Waals surface area contributed by atoms with Crippen LogP contribution in [0.4, 0.5) is 0 Å². The van der Waals surface area contributed by atoms with Gasteiger partial charge in [-0.1, -0.05) is 29.8 Å². The van der Waals surface area contributed by atoms with Crippen LogP contribution in [0, 0.1) is 11.3 Å². The number of halogens is 1. The van der Waals surface area contributed by atoms with Gasteiger partial charge < -0.3 is 4.74 Å². The lowest BCUT2D eigenvalue weighted by Crippen LogP contribution is -2.05. The van der Waals surface area contributed by atoms with E-state index < -0.39 is 0 Å². The number of hydrogen-bond donors (Lipinski definition) is 0. The van der Waals surface area contributed by atoms with Gasteiger partial charge in [0, 0.05) is 17.7 Å². The first-order valence-electron chi connectivity index (χ1n) is 3.73. The highest BCUT2D eigenvalue weighted by Gasteiger charge is 2.56. The minimum Gasteiger partial charge on any atom is -0.466 e. The molecule has 0 amide bonds. The van der Waals surface area contributed by atoms with Crippen molar-refractivity contribution in [2.75, 3.05) is 6.61 Å². The number of rotatable bonds is 2. The van der Waals surface area contributed by atoms with E-state index in [-0.39, 0.29) is 5.97 Å². The Balaban J connectivity index is 2.27. The third-order valence-electron chi connectivity index (χ3n) is 2.38. The van der Waals surface area contributed by atoms with E-state index in [0.717, 1.165) is 0 Å². The maximum absolute atomic E-state index is 10.5. The van der Waals surface area contributed by atoms with E-state index in [2.05, 4.69) is 29.8 Å². The molecule has 1 rings (SSSR count). The van der Waals surface area contributed by atoms with Crippen molar-refractivity contribution in [3.05, 3.63) is 0 Å². The van der Waals surface area contributed by atoms with Gasteiger partial charge in [0.15, 0.2) is 0 Å². The Morgan fingerprint density at radius 1 is 1.64 bits per heavy atom. The quantitative estimate of drug-likeness (QED) is 0.526. The number of esters is 1. The first kappa shape index (κ1) is 9.04. The van der Waals surface area contributed by atoms with Crippen molar-refractivity contribution >= 4 is 21.9 Å². The summed E-state index contributed by atoms with van der Waals surface area (Å²) in [6.45, 7) is 6.33. The third kappa shape index (κ3) is 1.75. The first-order valence-corrected chi connectivity index (χ1v) is 4.65. The molecule has 1 fully saturated rings. The minimum atomic E-state index is -0.188. The summed E-state index contributed by atoms with van der Waals surface area (Å²) < 4.78 is 4.90. The summed E-state index contributed by atoms with van der Waals surface area (Å²) in [5.74, 6) is 0.304. The van der Waals surface area contributed by atoms with Crippen LogP contribution in [-0.2, 0) is 9.53 Å². The number of ether oxygens (including phenoxy) is 1. The first-order chi connectivity index (χ1) is 4.96. The van der Waals surface area contributed by atoms with Crippen LogP contribution in [0.3, 0.4) is 0 Å². The van der Waals surface area contributed by atoms with E-state index in [4.69, 9.17) is 4.74 Å². The Hall–Kier alpha value is -0.0500. The molecule has 3 heteroatoms. The van der Waals surface area contributed by atoms with E-state index in [1.807, 2.05) is 0 Å². The molecule has 0 aromatic heterocycles. The van der Waals surface area contributed by atoms with Crippen molar-refractivity contribution in [3.8, 4) is 0 Å². The summed E-state index contributed by atoms with van der Waals surface area (Å²) in [4.78, 5) is 11.0. The number of hydrogen-bond acceptors (Lipinski definition) is 2. The maximum atomic E-state index is 10.5. The molecule has 0 radical (unpaired) electrons. The van der Waals surface area contributed by atoms with Crippen molar-refractivity contribution in [2.45, 2.75) is 25.6 Å². The number of carbonyl (C=O) groups is 1. The van der Waals surface area contributed by atoms with Crippen LogP contribution in [0.2, 0.25) is 0 Å². The normalized spacial score (nSPS) is 33.1. The summed E-state index contributed by atoms with van der Waals surface area (Å²) in [7, 11) is 0. The second kappa shape index (κ2) is 2.77. The zero-order chi connectivity index (χ0) is 8.65. The van der Waals surface area contributed by atoms with Crippen LogP contribution in [0.15, 0.2) is 0 Å². The van der Waals surface area contributed by atoms with Gasteiger partial charge >= 0.3 is 5.97 Å². The van der Waals surface area contributed by atoms with Crippen LogP contribution in [0.1, 0.15) is 20.8 Å². The second-order valence-corrected chi connectivity index (χ2v) is 4.62. The predicted octanol–water partition coefficient (Wildman–Crippen LogP) is 1.97. The highest BCUT2D eigenvalue weighted by molar-refractivity contribution is 9.09. The largest absolute Gasteiger partial charge is 0.466 e. The van der Waals surface area contributed by atoms with E-state index >= 15 is 0 Å². The second-order valence-electron chi connectivity index (χ2n) is 3.63. The molecule has 0 aromatic carbocycles. The van der Waals surface area contributed by atoms with Gasteiger partial charge in [-0.25, -0.2) is 0 Å². The Morgan fingerprint density at radius 3 is 2.36 bits per heavy atom. The van der Waals surface area contributed by atoms with Gasteiger partial charge in [-0.15, -0.1) is 0 Å². The summed E-state index contributed by atoms with van der Waals surface area (Å²) in [6.07, 6.45) is 0. The standard InChI is InChI=1S/C8H13BrO2/c1-5(10)11-4-6-7(9)8(6,2)3/h6-7H,4H2,1-3H3/t6-,7+/m0/s1. The maximum Gasteiger partial charge on any atom is 0.302 e. The molecule has 2 nitrogen and oxygen atoms in total. The molecular formula is C8H13BrO2. The van der Waals surface area contributed by atoms with Crippen LogP contribution in [-0.4, -0.2) is 17.4 Å². The SMILES string of the molecule is CC(=O)OC[C@H]1[C@@H](Br)C1(C)C. The molecule has 1 aliphatic carbocycles. The fraction of sp³-hybridized carbons (Fsp3) is 0.875. The highest BCUT2D eigenvalue weighted by atomic mass is 79.9. The van der Waals surface area contributed by atoms with Crippen molar-refractivity contribution in [1.82, 2.24) is 0 Å². The molecule has 1 saturated carbocycles. The highest BCUT2D eigenvalue weighted by Crippen LogP contribution is 2.56. The van der Waals surface area contributed by atoms with Crippen molar-refractivity contribution < 1.29 is 9.53 Å². The molecule has 2 atom stereocenters. The summed E-state index contributed by atoms with van der Waals surface area (Å²) in [5.41, 5.74) is 0.301. The average Bonchev–Trinajstić information content (AvgIpc) is 2.30. The van der Waals surface area contributed by atoms with Gasteiger partial charge in [0.05, 0.1) is 6.61 Å². The van der Waals surface area contributed by atoms with Gasteiger partial charge in [-0.2, -0.15) is 0 Å². The van der Waals surface area contributed by atoms with Crippen molar-refractivity contribution in [2.24, 2.45) is 11.3 Å². The molecule has 0 aromatic rings. The molecule has 0 spiro atoms. The minimum absolute atomic E-state index is 0.188. The van der Waals surface area contributed by atoms with Gasteiger partial charge in [0.1, 0.15) is 0 Å². The van der Waals surface area contributed by atoms with Crippen LogP contribution >= 0.6 is 15.9 Å². The van der Waals surface area contributed by atoms with Gasteiger partial charge in [-0.05, 0) is 5.41 Å². The molecule has 0 N–H and O–H groups in total. The molecular weight excluding hydrogens is 208 g/mol. The Bertz CT molecular complexity index is 177. The molecule has 0 saturated heterocycles. The molecule has 11 heavy (non-hydrogen) atoms. The van der Waals surface area contributed by atoms with Crippen LogP contribution in [0.5, 0.6) is 0 Å². The summed E-state index contributed by atoms with van der Waals surface area (Å²) in [5, 5.41) is 0. The van der Waals surface area contributed by atoms with Crippen LogP contribution in [0.25, 0.3) is 0 Å². The van der Waals surface area contributed by atoms with E-state index in [1.165, 1.54) is 6.92 Å². The predicted molar refractivity (Wildman–Crippen MR) is 46.6 cm³/mol. The van der Waals surface area contributed by atoms with Gasteiger partial charge in [-0.3, -0.25) is 4.79 Å². The Morgan fingerprint density at radius 2 is 2.09 bits per heavy atom. The van der Waals surface area contributed by atoms with Gasteiger partial charge in [0.25, 0.3) is 0 Å². The smallest absolute Gasteiger partial charge is 0.302 e. The molecule has 1 aliphatic rings. The number of carbonyl (C=O) groups excluding carboxylic acids is 1. The van der Waals surface area contributed by atoms with E-state index in [1.54, 1.807) is 0 Å². The number of alkyl halides is 1. The lowest BCUT2D eigenvalue weighted by molar-refractivity contribution is -0.141. The molecule has 0 unspecified atom stereocenters. The van der Waals surface area contributed by atoms with Crippen molar-refractivity contribution in [1.29, 1.82) is 0 Å². The monoisotopic (exact) mass is 220 g/mol. The summed E-state index contributed by atoms with van der Waals surface area (Å²) >= 11 is 3.53. The Kier molecular flexibility index (Phi) is 2.28. The lowest BCUT2D eigenvalue weighted by atomic mass is 10.1. The Labute approximate surface area is 75.4 Å². The fourth-order valence-corrected chi connectivity index (χ4v) is 2.20. The molecule has 64 valence electrons. The van der Waals surface area contributed by atoms with Crippen molar-refractivity contribution in [3.63, 3.8) is 0 Å². The van der Waals surface area contributed by atoms with E-state index in [0.29, 0.717) is 22.8 Å². The molecule has 0 aliphatic heterocycles. The molecule has 0 heterocycles. The van der Waals surface area contributed by atoms with Gasteiger partial charge in [0.2, 0.25) is 0 Å². The van der Waals surface area contributed by atoms with E-state index in [9.17, 15) is 4.79 Å². The zero-order valence-electron chi connectivity index (χ0n) is 7.06. The summed E-state index contributed by atoms with van der Waals surface area (Å²) in [6, 6.07) is 0. The average molecular weight is 221 g/mol. The molecule has 0 bridgehead atoms. The topological polar surface area (TPSA) is 26.3 Å². The fourth-order valence-electron chi connectivity index (χ4n) is 1.18. The zero-order valence-corrected chi connectivity index (χ0v) is 8.64. The third-order valence-corrected chi connectivity index (χ3v) is 4.19. The lowest BCUT2D eigenvalue weighted by Gasteiger charge is -2.01.